The van der Waals surface area contributed by atoms with Crippen molar-refractivity contribution < 1.29 is 8.42 Å². The van der Waals surface area contributed by atoms with E-state index in [9.17, 15) is 8.42 Å². The van der Waals surface area contributed by atoms with Crippen LogP contribution in [0.2, 0.25) is 0 Å². The molecule has 2 aromatic carbocycles. The van der Waals surface area contributed by atoms with Gasteiger partial charge in [-0.3, -0.25) is 4.90 Å². The molecule has 0 amide bonds. The number of likely N-dealkylation sites (N-methyl/N-ethyl adjacent to an activating group) is 1. The van der Waals surface area contributed by atoms with Gasteiger partial charge in [-0.2, -0.15) is 0 Å². The zero-order valence-electron chi connectivity index (χ0n) is 17.2. The first-order valence-electron chi connectivity index (χ1n) is 9.97. The molecular weight excluding hydrogens is 400 g/mol. The van der Waals surface area contributed by atoms with E-state index in [1.165, 1.54) is 4.68 Å². The van der Waals surface area contributed by atoms with Gasteiger partial charge in [0.2, 0.25) is 0 Å². The van der Waals surface area contributed by atoms with E-state index in [1.54, 1.807) is 24.3 Å². The zero-order chi connectivity index (χ0) is 21.1. The molecule has 0 saturated carbocycles. The van der Waals surface area contributed by atoms with Crippen molar-refractivity contribution in [1.29, 1.82) is 0 Å². The summed E-state index contributed by atoms with van der Waals surface area (Å²) < 4.78 is 27.4. The van der Waals surface area contributed by atoms with E-state index in [1.807, 2.05) is 37.3 Å². The second-order valence-electron chi connectivity index (χ2n) is 7.75. The molecule has 1 aliphatic heterocycles. The van der Waals surface area contributed by atoms with Crippen LogP contribution in [0.1, 0.15) is 23.0 Å². The minimum absolute atomic E-state index is 0.205. The van der Waals surface area contributed by atoms with Crippen LogP contribution < -0.4 is 0 Å². The monoisotopic (exact) mass is 426 g/mol. The van der Waals surface area contributed by atoms with Crippen LogP contribution in [0.25, 0.3) is 0 Å². The van der Waals surface area contributed by atoms with Crippen LogP contribution in [-0.2, 0) is 15.7 Å². The van der Waals surface area contributed by atoms with Gasteiger partial charge in [0.05, 0.1) is 10.9 Å². The van der Waals surface area contributed by atoms with Gasteiger partial charge in [0.25, 0.3) is 0 Å². The van der Waals surface area contributed by atoms with Crippen molar-refractivity contribution in [3.8, 4) is 0 Å². The number of nitrogens with zero attached hydrogens (tertiary/aromatic N) is 6. The first kappa shape index (κ1) is 20.6. The molecule has 9 heteroatoms. The Morgan fingerprint density at radius 2 is 1.63 bits per heavy atom. The Morgan fingerprint density at radius 1 is 0.967 bits per heavy atom. The van der Waals surface area contributed by atoms with E-state index in [4.69, 9.17) is 0 Å². The quantitative estimate of drug-likeness (QED) is 0.594. The van der Waals surface area contributed by atoms with E-state index in [0.29, 0.717) is 5.82 Å². The lowest BCUT2D eigenvalue weighted by Crippen LogP contribution is -2.46. The van der Waals surface area contributed by atoms with Gasteiger partial charge in [-0.1, -0.05) is 48.0 Å². The highest BCUT2D eigenvalue weighted by Crippen LogP contribution is 2.28. The molecule has 8 nitrogen and oxygen atoms in total. The van der Waals surface area contributed by atoms with Crippen molar-refractivity contribution in [3.05, 3.63) is 71.5 Å². The maximum absolute atomic E-state index is 13.0. The van der Waals surface area contributed by atoms with Crippen LogP contribution >= 0.6 is 0 Å². The fraction of sp³-hybridized carbons (Fsp3) is 0.381. The molecule has 0 radical (unpaired) electrons. The molecule has 1 aliphatic rings. The normalized spacial score (nSPS) is 17.1. The molecular formula is C21H26N6O2S. The lowest BCUT2D eigenvalue weighted by molar-refractivity contribution is 0.122. The Labute approximate surface area is 177 Å². The summed E-state index contributed by atoms with van der Waals surface area (Å²) in [6, 6.07) is 16.7. The van der Waals surface area contributed by atoms with E-state index in [2.05, 4.69) is 32.4 Å². The summed E-state index contributed by atoms with van der Waals surface area (Å²) in [6.45, 7) is 5.51. The summed E-state index contributed by atoms with van der Waals surface area (Å²) in [5, 5.41) is 12.1. The third-order valence-corrected chi connectivity index (χ3v) is 7.07. The van der Waals surface area contributed by atoms with Crippen molar-refractivity contribution >= 4 is 9.84 Å². The summed E-state index contributed by atoms with van der Waals surface area (Å²) in [6.07, 6.45) is 0. The summed E-state index contributed by atoms with van der Waals surface area (Å²) in [5.41, 5.74) is 2.06. The first-order valence-corrected chi connectivity index (χ1v) is 11.6. The number of hydrogen-bond acceptors (Lipinski definition) is 7. The predicted octanol–water partition coefficient (Wildman–Crippen LogP) is 1.75. The Hall–Kier alpha value is -2.62. The molecule has 30 heavy (non-hydrogen) atoms. The Morgan fingerprint density at radius 3 is 2.30 bits per heavy atom. The highest BCUT2D eigenvalue weighted by atomic mass is 32.2. The average molecular weight is 427 g/mol. The molecule has 4 rings (SSSR count). The van der Waals surface area contributed by atoms with Gasteiger partial charge < -0.3 is 4.90 Å². The number of tetrazole rings is 1. The maximum Gasteiger partial charge on any atom is 0.198 e. The van der Waals surface area contributed by atoms with Gasteiger partial charge in [-0.15, -0.1) is 5.10 Å². The topological polar surface area (TPSA) is 84.2 Å². The van der Waals surface area contributed by atoms with Crippen LogP contribution in [0.15, 0.2) is 59.5 Å². The minimum Gasteiger partial charge on any atom is -0.304 e. The average Bonchev–Trinajstić information content (AvgIpc) is 3.18. The van der Waals surface area contributed by atoms with Crippen molar-refractivity contribution in [2.45, 2.75) is 23.7 Å². The predicted molar refractivity (Wildman–Crippen MR) is 114 cm³/mol. The summed E-state index contributed by atoms with van der Waals surface area (Å²) in [7, 11) is -1.48. The largest absolute Gasteiger partial charge is 0.304 e. The minimum atomic E-state index is -3.58. The third-order valence-electron chi connectivity index (χ3n) is 5.49. The Balaban J connectivity index is 1.68. The van der Waals surface area contributed by atoms with Gasteiger partial charge >= 0.3 is 0 Å². The van der Waals surface area contributed by atoms with E-state index in [0.717, 1.165) is 37.3 Å². The number of piperazine rings is 1. The van der Waals surface area contributed by atoms with Gasteiger partial charge in [0.1, 0.15) is 0 Å². The standard InChI is InChI=1S/C21H26N6O2S/c1-17-8-10-19(11-9-17)30(28,29)16-27-21(22-23-24-27)20(18-6-4-3-5-7-18)26-14-12-25(2)13-15-26/h3-11,20H,12-16H2,1-2H3. The molecule has 0 aliphatic carbocycles. The molecule has 1 aromatic heterocycles. The first-order chi connectivity index (χ1) is 14.4. The molecule has 2 heterocycles. The molecule has 0 bridgehead atoms. The summed E-state index contributed by atoms with van der Waals surface area (Å²) >= 11 is 0. The molecule has 158 valence electrons. The van der Waals surface area contributed by atoms with E-state index < -0.39 is 9.84 Å². The lowest BCUT2D eigenvalue weighted by atomic mass is 10.0. The van der Waals surface area contributed by atoms with Crippen molar-refractivity contribution in [1.82, 2.24) is 30.0 Å². The molecule has 0 spiro atoms. The SMILES string of the molecule is Cc1ccc(S(=O)(=O)Cn2nnnc2C(c2ccccc2)N2CCN(C)CC2)cc1. The number of hydrogen-bond donors (Lipinski definition) is 0. The van der Waals surface area contributed by atoms with Crippen LogP contribution in [0, 0.1) is 6.92 Å². The van der Waals surface area contributed by atoms with Crippen LogP contribution in [0.4, 0.5) is 0 Å². The molecule has 1 saturated heterocycles. The number of aryl methyl sites for hydroxylation is 1. The lowest BCUT2D eigenvalue weighted by Gasteiger charge is -2.37. The van der Waals surface area contributed by atoms with Gasteiger partial charge in [-0.25, -0.2) is 13.1 Å². The van der Waals surface area contributed by atoms with Crippen molar-refractivity contribution in [2.24, 2.45) is 0 Å². The van der Waals surface area contributed by atoms with Crippen LogP contribution in [0.5, 0.6) is 0 Å². The maximum atomic E-state index is 13.0. The zero-order valence-corrected chi connectivity index (χ0v) is 18.0. The number of sulfone groups is 1. The van der Waals surface area contributed by atoms with Gasteiger partial charge in [0, 0.05) is 26.2 Å². The van der Waals surface area contributed by atoms with Crippen LogP contribution in [-0.4, -0.2) is 71.7 Å². The Bertz CT molecular complexity index is 1070. The summed E-state index contributed by atoms with van der Waals surface area (Å²) in [4.78, 5) is 4.87. The molecule has 0 N–H and O–H groups in total. The molecule has 3 aromatic rings. The number of benzene rings is 2. The van der Waals surface area contributed by atoms with Gasteiger partial charge in [0.15, 0.2) is 21.5 Å². The van der Waals surface area contributed by atoms with Crippen LogP contribution in [0.3, 0.4) is 0 Å². The summed E-state index contributed by atoms with van der Waals surface area (Å²) in [5.74, 6) is 0.247. The van der Waals surface area contributed by atoms with Gasteiger partial charge in [-0.05, 0) is 42.1 Å². The second kappa shape index (κ2) is 8.63. The highest BCUT2D eigenvalue weighted by molar-refractivity contribution is 7.90. The molecule has 1 unspecified atom stereocenters. The molecule has 1 atom stereocenters. The second-order valence-corrected chi connectivity index (χ2v) is 9.71. The van der Waals surface area contributed by atoms with E-state index in [-0.39, 0.29) is 16.8 Å². The highest BCUT2D eigenvalue weighted by Gasteiger charge is 2.31. The fourth-order valence-electron chi connectivity index (χ4n) is 3.72. The fourth-order valence-corrected chi connectivity index (χ4v) is 4.92. The smallest absolute Gasteiger partial charge is 0.198 e. The third kappa shape index (κ3) is 4.43. The molecule has 1 fully saturated rings. The van der Waals surface area contributed by atoms with Crippen molar-refractivity contribution in [2.75, 3.05) is 33.2 Å². The van der Waals surface area contributed by atoms with Crippen molar-refractivity contribution in [3.63, 3.8) is 0 Å². The number of aromatic nitrogens is 4. The Kier molecular flexibility index (Phi) is 5.94. The van der Waals surface area contributed by atoms with E-state index >= 15 is 0 Å². The number of rotatable bonds is 6.